The van der Waals surface area contributed by atoms with Gasteiger partial charge in [-0.2, -0.15) is 0 Å². The Balaban J connectivity index is 2.81. The lowest BCUT2D eigenvalue weighted by atomic mass is 10.1. The number of carbonyl (C=O) groups is 1. The predicted molar refractivity (Wildman–Crippen MR) is 79.5 cm³/mol. The lowest BCUT2D eigenvalue weighted by Crippen LogP contribution is -2.34. The summed E-state index contributed by atoms with van der Waals surface area (Å²) in [5.41, 5.74) is 6.48. The molecule has 1 aromatic rings. The van der Waals surface area contributed by atoms with Crippen LogP contribution < -0.4 is 20.5 Å². The molecule has 5 nitrogen and oxygen atoms in total. The van der Waals surface area contributed by atoms with Gasteiger partial charge in [0.2, 0.25) is 0 Å². The van der Waals surface area contributed by atoms with E-state index < -0.39 is 0 Å². The van der Waals surface area contributed by atoms with Crippen molar-refractivity contribution in [1.82, 2.24) is 5.32 Å². The Morgan fingerprint density at radius 3 is 2.70 bits per heavy atom. The highest BCUT2D eigenvalue weighted by atomic mass is 35.5. The van der Waals surface area contributed by atoms with Crippen LogP contribution in [0.1, 0.15) is 19.4 Å². The van der Waals surface area contributed by atoms with Crippen molar-refractivity contribution in [3.05, 3.63) is 22.7 Å². The third kappa shape index (κ3) is 4.90. The number of methoxy groups -OCH3 is 1. The Kier molecular flexibility index (Phi) is 6.61. The number of nitrogens with two attached hydrogens (primary N) is 1. The SMILES string of the molecule is COc1cc(CCN)cc(Cl)c1OCC(=O)NC(C)C. The van der Waals surface area contributed by atoms with Crippen molar-refractivity contribution in [3.63, 3.8) is 0 Å². The Morgan fingerprint density at radius 1 is 1.45 bits per heavy atom. The maximum atomic E-state index is 11.6. The van der Waals surface area contributed by atoms with Crippen molar-refractivity contribution in [3.8, 4) is 11.5 Å². The van der Waals surface area contributed by atoms with Crippen LogP contribution in [0, 0.1) is 0 Å². The van der Waals surface area contributed by atoms with E-state index in [4.69, 9.17) is 26.8 Å². The number of rotatable bonds is 7. The number of ether oxygens (including phenoxy) is 2. The smallest absolute Gasteiger partial charge is 0.258 e. The highest BCUT2D eigenvalue weighted by Gasteiger charge is 2.14. The van der Waals surface area contributed by atoms with E-state index in [0.717, 1.165) is 5.56 Å². The molecular weight excluding hydrogens is 280 g/mol. The van der Waals surface area contributed by atoms with Gasteiger partial charge in [0.25, 0.3) is 5.91 Å². The molecule has 0 aliphatic heterocycles. The molecular formula is C14H21ClN2O3. The van der Waals surface area contributed by atoms with Gasteiger partial charge in [0.1, 0.15) is 0 Å². The standard InChI is InChI=1S/C14H21ClN2O3/c1-9(2)17-13(18)8-20-14-11(15)6-10(4-5-16)7-12(14)19-3/h6-7,9H,4-5,8,16H2,1-3H3,(H,17,18). The van der Waals surface area contributed by atoms with Crippen LogP contribution in [0.15, 0.2) is 12.1 Å². The molecule has 0 unspecified atom stereocenters. The van der Waals surface area contributed by atoms with Gasteiger partial charge in [-0.05, 0) is 44.5 Å². The molecule has 112 valence electrons. The maximum Gasteiger partial charge on any atom is 0.258 e. The summed E-state index contributed by atoms with van der Waals surface area (Å²) in [6.07, 6.45) is 0.699. The van der Waals surface area contributed by atoms with Gasteiger partial charge >= 0.3 is 0 Å². The van der Waals surface area contributed by atoms with Crippen LogP contribution in [-0.2, 0) is 11.2 Å². The van der Waals surface area contributed by atoms with E-state index in [1.54, 1.807) is 6.07 Å². The zero-order valence-electron chi connectivity index (χ0n) is 12.0. The number of hydrogen-bond donors (Lipinski definition) is 2. The van der Waals surface area contributed by atoms with Crippen molar-refractivity contribution in [2.24, 2.45) is 5.73 Å². The first kappa shape index (κ1) is 16.6. The largest absolute Gasteiger partial charge is 0.493 e. The van der Waals surface area contributed by atoms with Gasteiger partial charge in [0.15, 0.2) is 18.1 Å². The van der Waals surface area contributed by atoms with Gasteiger partial charge in [-0.25, -0.2) is 0 Å². The molecule has 20 heavy (non-hydrogen) atoms. The van der Waals surface area contributed by atoms with Crippen LogP contribution in [0.5, 0.6) is 11.5 Å². The van der Waals surface area contributed by atoms with Crippen LogP contribution in [0.25, 0.3) is 0 Å². The van der Waals surface area contributed by atoms with Gasteiger partial charge in [-0.15, -0.1) is 0 Å². The molecule has 0 aromatic heterocycles. The van der Waals surface area contributed by atoms with Crippen molar-refractivity contribution in [1.29, 1.82) is 0 Å². The van der Waals surface area contributed by atoms with E-state index in [2.05, 4.69) is 5.32 Å². The van der Waals surface area contributed by atoms with E-state index in [-0.39, 0.29) is 18.6 Å². The number of benzene rings is 1. The van der Waals surface area contributed by atoms with E-state index >= 15 is 0 Å². The molecule has 0 heterocycles. The number of hydrogen-bond acceptors (Lipinski definition) is 4. The van der Waals surface area contributed by atoms with E-state index in [1.807, 2.05) is 19.9 Å². The Bertz CT molecular complexity index is 464. The first-order chi connectivity index (χ1) is 9.47. The fraction of sp³-hybridized carbons (Fsp3) is 0.500. The van der Waals surface area contributed by atoms with Crippen LogP contribution in [0.2, 0.25) is 5.02 Å². The second-order valence-corrected chi connectivity index (χ2v) is 5.07. The molecule has 0 radical (unpaired) electrons. The summed E-state index contributed by atoms with van der Waals surface area (Å²) in [5, 5.41) is 3.14. The summed E-state index contributed by atoms with van der Waals surface area (Å²) in [4.78, 5) is 11.6. The Morgan fingerprint density at radius 2 is 2.15 bits per heavy atom. The molecule has 1 amide bonds. The zero-order chi connectivity index (χ0) is 15.1. The minimum Gasteiger partial charge on any atom is -0.493 e. The second kappa shape index (κ2) is 7.97. The van der Waals surface area contributed by atoms with Crippen LogP contribution in [0.4, 0.5) is 0 Å². The minimum atomic E-state index is -0.204. The molecule has 6 heteroatoms. The van der Waals surface area contributed by atoms with Crippen LogP contribution in [-0.4, -0.2) is 32.2 Å². The summed E-state index contributed by atoms with van der Waals surface area (Å²) >= 11 is 6.16. The lowest BCUT2D eigenvalue weighted by Gasteiger charge is -2.14. The normalized spacial score (nSPS) is 10.5. The number of amides is 1. The molecule has 0 bridgehead atoms. The molecule has 1 aromatic carbocycles. The lowest BCUT2D eigenvalue weighted by molar-refractivity contribution is -0.123. The highest BCUT2D eigenvalue weighted by Crippen LogP contribution is 2.36. The van der Waals surface area contributed by atoms with Crippen LogP contribution >= 0.6 is 11.6 Å². The van der Waals surface area contributed by atoms with Crippen LogP contribution in [0.3, 0.4) is 0 Å². The monoisotopic (exact) mass is 300 g/mol. The number of halogens is 1. The summed E-state index contributed by atoms with van der Waals surface area (Å²) in [6, 6.07) is 3.65. The van der Waals surface area contributed by atoms with Crippen molar-refractivity contribution < 1.29 is 14.3 Å². The number of nitrogens with one attached hydrogen (secondary N) is 1. The first-order valence-corrected chi connectivity index (χ1v) is 6.84. The average molecular weight is 301 g/mol. The molecule has 0 aliphatic carbocycles. The Labute approximate surface area is 124 Å². The summed E-state index contributed by atoms with van der Waals surface area (Å²) in [5.74, 6) is 0.663. The van der Waals surface area contributed by atoms with Gasteiger partial charge in [0, 0.05) is 6.04 Å². The molecule has 3 N–H and O–H groups in total. The number of carbonyl (C=O) groups excluding carboxylic acids is 1. The average Bonchev–Trinajstić information content (AvgIpc) is 2.36. The quantitative estimate of drug-likeness (QED) is 0.804. The van der Waals surface area contributed by atoms with Gasteiger partial charge < -0.3 is 20.5 Å². The third-order valence-electron chi connectivity index (χ3n) is 2.52. The fourth-order valence-electron chi connectivity index (χ4n) is 1.73. The topological polar surface area (TPSA) is 73.6 Å². The molecule has 0 aliphatic rings. The third-order valence-corrected chi connectivity index (χ3v) is 2.80. The van der Waals surface area contributed by atoms with Gasteiger partial charge in [-0.1, -0.05) is 11.6 Å². The van der Waals surface area contributed by atoms with Gasteiger partial charge in [-0.3, -0.25) is 4.79 Å². The van der Waals surface area contributed by atoms with Crippen molar-refractivity contribution in [2.75, 3.05) is 20.3 Å². The van der Waals surface area contributed by atoms with Crippen molar-refractivity contribution in [2.45, 2.75) is 26.3 Å². The second-order valence-electron chi connectivity index (χ2n) is 4.66. The van der Waals surface area contributed by atoms with E-state index in [1.165, 1.54) is 7.11 Å². The zero-order valence-corrected chi connectivity index (χ0v) is 12.8. The summed E-state index contributed by atoms with van der Waals surface area (Å²) in [7, 11) is 1.53. The molecule has 0 spiro atoms. The maximum absolute atomic E-state index is 11.6. The minimum absolute atomic E-state index is 0.0652. The molecule has 0 saturated carbocycles. The fourth-order valence-corrected chi connectivity index (χ4v) is 2.01. The summed E-state index contributed by atoms with van der Waals surface area (Å²) < 4.78 is 10.7. The Hall–Kier alpha value is -1.46. The first-order valence-electron chi connectivity index (χ1n) is 6.46. The van der Waals surface area contributed by atoms with E-state index in [0.29, 0.717) is 29.5 Å². The molecule has 0 fully saturated rings. The van der Waals surface area contributed by atoms with E-state index in [9.17, 15) is 4.79 Å². The molecule has 0 atom stereocenters. The van der Waals surface area contributed by atoms with Gasteiger partial charge in [0.05, 0.1) is 12.1 Å². The van der Waals surface area contributed by atoms with Crippen molar-refractivity contribution >= 4 is 17.5 Å². The predicted octanol–water partition coefficient (Wildman–Crippen LogP) is 1.75. The highest BCUT2D eigenvalue weighted by molar-refractivity contribution is 6.32. The summed E-state index contributed by atoms with van der Waals surface area (Å²) in [6.45, 7) is 4.18. The molecule has 1 rings (SSSR count). The molecule has 0 saturated heterocycles.